The molecule has 1 nitrogen and oxygen atoms in total. The first-order chi connectivity index (χ1) is 5.66. The molecule has 1 rings (SSSR count). The molecule has 0 saturated carbocycles. The summed E-state index contributed by atoms with van der Waals surface area (Å²) in [5, 5.41) is 9.35. The van der Waals surface area contributed by atoms with Gasteiger partial charge < -0.3 is 5.11 Å². The Morgan fingerprint density at radius 3 is 2.92 bits per heavy atom. The second kappa shape index (κ2) is 3.79. The van der Waals surface area contributed by atoms with Gasteiger partial charge in [0, 0.05) is 6.42 Å². The van der Waals surface area contributed by atoms with E-state index in [9.17, 15) is 5.11 Å². The fourth-order valence-corrected chi connectivity index (χ4v) is 1.68. The fraction of sp³-hybridized carbons (Fsp3) is 0.636. The molecule has 12 heavy (non-hydrogen) atoms. The molecular weight excluding hydrogens is 148 g/mol. The lowest BCUT2D eigenvalue weighted by atomic mass is 9.79. The number of aliphatic hydroxyl groups is 1. The molecule has 1 aliphatic carbocycles. The molecule has 0 aliphatic heterocycles. The van der Waals surface area contributed by atoms with Gasteiger partial charge in [-0.2, -0.15) is 0 Å². The first-order valence-electron chi connectivity index (χ1n) is 4.74. The van der Waals surface area contributed by atoms with Gasteiger partial charge >= 0.3 is 0 Å². The van der Waals surface area contributed by atoms with E-state index in [1.807, 2.05) is 6.08 Å². The Kier molecular flexibility index (Phi) is 2.96. The molecule has 1 N–H and O–H groups in total. The smallest absolute Gasteiger partial charge is 0.0931 e. The van der Waals surface area contributed by atoms with Crippen LogP contribution in [0.25, 0.3) is 0 Å². The van der Waals surface area contributed by atoms with Gasteiger partial charge in [0.2, 0.25) is 0 Å². The quantitative estimate of drug-likeness (QED) is 0.679. The normalized spacial score (nSPS) is 28.7. The molecule has 0 aromatic rings. The molecule has 0 fully saturated rings. The number of allylic oxidation sites excluding steroid dienone is 4. The summed E-state index contributed by atoms with van der Waals surface area (Å²) >= 11 is 0. The average molecular weight is 166 g/mol. The largest absolute Gasteiger partial charge is 0.512 e. The van der Waals surface area contributed by atoms with Gasteiger partial charge in [0.25, 0.3) is 0 Å². The van der Waals surface area contributed by atoms with Gasteiger partial charge in [0.15, 0.2) is 0 Å². The predicted octanol–water partition coefficient (Wildman–Crippen LogP) is 3.58. The molecule has 1 heteroatoms. The van der Waals surface area contributed by atoms with Crippen LogP contribution in [0.5, 0.6) is 0 Å². The van der Waals surface area contributed by atoms with Gasteiger partial charge in [-0.05, 0) is 17.9 Å². The van der Waals surface area contributed by atoms with Crippen LogP contribution in [-0.4, -0.2) is 5.11 Å². The minimum absolute atomic E-state index is 0.203. The number of aliphatic hydroxyl groups excluding tert-OH is 1. The molecule has 0 heterocycles. The Morgan fingerprint density at radius 2 is 2.33 bits per heavy atom. The predicted molar refractivity (Wildman–Crippen MR) is 52.1 cm³/mol. The van der Waals surface area contributed by atoms with E-state index in [4.69, 9.17) is 0 Å². The van der Waals surface area contributed by atoms with Gasteiger partial charge in [-0.3, -0.25) is 0 Å². The zero-order chi connectivity index (χ0) is 9.03. The van der Waals surface area contributed by atoms with Crippen LogP contribution < -0.4 is 0 Å². The molecule has 0 aromatic heterocycles. The van der Waals surface area contributed by atoms with Crippen molar-refractivity contribution in [2.24, 2.45) is 5.41 Å². The maximum atomic E-state index is 9.35. The van der Waals surface area contributed by atoms with E-state index in [1.165, 1.54) is 19.3 Å². The van der Waals surface area contributed by atoms with E-state index >= 15 is 0 Å². The summed E-state index contributed by atoms with van der Waals surface area (Å²) < 4.78 is 0. The van der Waals surface area contributed by atoms with Crippen molar-refractivity contribution in [1.82, 2.24) is 0 Å². The molecule has 1 atom stereocenters. The average Bonchev–Trinajstić information content (AvgIpc) is 2.01. The molecule has 0 radical (unpaired) electrons. The van der Waals surface area contributed by atoms with Crippen molar-refractivity contribution in [2.75, 3.05) is 0 Å². The lowest BCUT2D eigenvalue weighted by Gasteiger charge is -2.27. The standard InChI is InChI=1S/C11H18O/c1-3-4-7-11(2)8-5-6-10(12)9-11/h5-6,8,12H,3-4,7,9H2,1-2H3. The van der Waals surface area contributed by atoms with E-state index < -0.39 is 0 Å². The molecule has 0 spiro atoms. The number of unbranched alkanes of at least 4 members (excludes halogenated alkanes) is 1. The highest BCUT2D eigenvalue weighted by Crippen LogP contribution is 2.34. The Balaban J connectivity index is 2.51. The summed E-state index contributed by atoms with van der Waals surface area (Å²) in [6, 6.07) is 0. The third-order valence-corrected chi connectivity index (χ3v) is 2.47. The van der Waals surface area contributed by atoms with Crippen LogP contribution in [0.2, 0.25) is 0 Å². The molecular formula is C11H18O. The monoisotopic (exact) mass is 166 g/mol. The molecule has 68 valence electrons. The Morgan fingerprint density at radius 1 is 1.58 bits per heavy atom. The third-order valence-electron chi connectivity index (χ3n) is 2.47. The summed E-state index contributed by atoms with van der Waals surface area (Å²) in [6.07, 6.45) is 10.4. The van der Waals surface area contributed by atoms with Crippen molar-refractivity contribution in [1.29, 1.82) is 0 Å². The van der Waals surface area contributed by atoms with Crippen molar-refractivity contribution >= 4 is 0 Å². The summed E-state index contributed by atoms with van der Waals surface area (Å²) in [5.41, 5.74) is 0.203. The molecule has 0 amide bonds. The number of hydrogen-bond donors (Lipinski definition) is 1. The summed E-state index contributed by atoms with van der Waals surface area (Å²) in [4.78, 5) is 0. The van der Waals surface area contributed by atoms with Gasteiger partial charge in [-0.25, -0.2) is 0 Å². The molecule has 0 bridgehead atoms. The minimum atomic E-state index is 0.203. The van der Waals surface area contributed by atoms with Crippen LogP contribution in [0.15, 0.2) is 24.0 Å². The molecule has 1 unspecified atom stereocenters. The first kappa shape index (κ1) is 9.37. The van der Waals surface area contributed by atoms with Crippen LogP contribution in [0.3, 0.4) is 0 Å². The highest BCUT2D eigenvalue weighted by Gasteiger charge is 2.23. The second-order valence-electron chi connectivity index (χ2n) is 3.95. The van der Waals surface area contributed by atoms with Crippen molar-refractivity contribution in [3.05, 3.63) is 24.0 Å². The highest BCUT2D eigenvalue weighted by molar-refractivity contribution is 5.18. The minimum Gasteiger partial charge on any atom is -0.512 e. The van der Waals surface area contributed by atoms with Crippen LogP contribution in [0.4, 0.5) is 0 Å². The summed E-state index contributed by atoms with van der Waals surface area (Å²) in [7, 11) is 0. The van der Waals surface area contributed by atoms with E-state index in [2.05, 4.69) is 19.9 Å². The van der Waals surface area contributed by atoms with E-state index in [0.29, 0.717) is 5.76 Å². The second-order valence-corrected chi connectivity index (χ2v) is 3.95. The lowest BCUT2D eigenvalue weighted by Crippen LogP contribution is -2.16. The maximum absolute atomic E-state index is 9.35. The Labute approximate surface area is 74.8 Å². The van der Waals surface area contributed by atoms with Crippen LogP contribution >= 0.6 is 0 Å². The van der Waals surface area contributed by atoms with Crippen LogP contribution in [0, 0.1) is 5.41 Å². The van der Waals surface area contributed by atoms with Crippen LogP contribution in [0.1, 0.15) is 39.5 Å². The van der Waals surface area contributed by atoms with Gasteiger partial charge in [-0.15, -0.1) is 0 Å². The van der Waals surface area contributed by atoms with Gasteiger partial charge in [0.05, 0.1) is 5.76 Å². The van der Waals surface area contributed by atoms with Crippen molar-refractivity contribution in [3.8, 4) is 0 Å². The first-order valence-corrected chi connectivity index (χ1v) is 4.74. The van der Waals surface area contributed by atoms with Crippen molar-refractivity contribution in [3.63, 3.8) is 0 Å². The SMILES string of the molecule is CCCCC1(C)C=CC=C(O)C1. The van der Waals surface area contributed by atoms with Crippen molar-refractivity contribution in [2.45, 2.75) is 39.5 Å². The highest BCUT2D eigenvalue weighted by atomic mass is 16.3. The third kappa shape index (κ3) is 2.40. The molecule has 0 aromatic carbocycles. The van der Waals surface area contributed by atoms with Gasteiger partial charge in [-0.1, -0.05) is 38.8 Å². The topological polar surface area (TPSA) is 20.2 Å². The van der Waals surface area contributed by atoms with Crippen molar-refractivity contribution < 1.29 is 5.11 Å². The fourth-order valence-electron chi connectivity index (χ4n) is 1.68. The summed E-state index contributed by atoms with van der Waals surface area (Å²) in [6.45, 7) is 4.41. The van der Waals surface area contributed by atoms with E-state index in [-0.39, 0.29) is 5.41 Å². The van der Waals surface area contributed by atoms with Crippen LogP contribution in [-0.2, 0) is 0 Å². The molecule has 1 aliphatic rings. The molecule has 0 saturated heterocycles. The number of rotatable bonds is 3. The summed E-state index contributed by atoms with van der Waals surface area (Å²) in [5.74, 6) is 0.524. The Bertz CT molecular complexity index is 203. The lowest BCUT2D eigenvalue weighted by molar-refractivity contribution is 0.288. The number of hydrogen-bond acceptors (Lipinski definition) is 1. The van der Waals surface area contributed by atoms with Gasteiger partial charge in [0.1, 0.15) is 0 Å². The zero-order valence-corrected chi connectivity index (χ0v) is 8.01. The Hall–Kier alpha value is -0.720. The zero-order valence-electron chi connectivity index (χ0n) is 8.01. The van der Waals surface area contributed by atoms with E-state index in [0.717, 1.165) is 6.42 Å². The maximum Gasteiger partial charge on any atom is 0.0931 e. The van der Waals surface area contributed by atoms with E-state index in [1.54, 1.807) is 6.08 Å².